The van der Waals surface area contributed by atoms with Gasteiger partial charge in [0.25, 0.3) is 0 Å². The molecule has 0 heterocycles. The van der Waals surface area contributed by atoms with Crippen molar-refractivity contribution in [3.8, 4) is 0 Å². The van der Waals surface area contributed by atoms with Gasteiger partial charge in [-0.15, -0.1) is 0 Å². The summed E-state index contributed by atoms with van der Waals surface area (Å²) in [5.74, 6) is 0.371. The Morgan fingerprint density at radius 3 is 2.24 bits per heavy atom. The molecule has 0 aliphatic heterocycles. The first-order valence-electron chi connectivity index (χ1n) is 5.78. The summed E-state index contributed by atoms with van der Waals surface area (Å²) in [4.78, 5) is 11.1. The highest BCUT2D eigenvalue weighted by Gasteiger charge is 2.43. The Balaban J connectivity index is 2.79. The van der Waals surface area contributed by atoms with Gasteiger partial charge in [-0.25, -0.2) is 4.79 Å². The first kappa shape index (κ1) is 15.8. The van der Waals surface area contributed by atoms with Gasteiger partial charge in [-0.1, -0.05) is 67.1 Å². The molecule has 1 atom stereocenters. The highest BCUT2D eigenvalue weighted by Crippen LogP contribution is 2.47. The highest BCUT2D eigenvalue weighted by atomic mass is 80.0. The number of amides is 1. The molecule has 1 saturated carbocycles. The normalized spacial score (nSPS) is 21.9. The fourth-order valence-electron chi connectivity index (χ4n) is 2.60. The van der Waals surface area contributed by atoms with Gasteiger partial charge in [0, 0.05) is 6.42 Å². The van der Waals surface area contributed by atoms with E-state index in [1.54, 1.807) is 0 Å². The largest absolute Gasteiger partial charge is 0.443 e. The van der Waals surface area contributed by atoms with Gasteiger partial charge in [-0.3, -0.25) is 0 Å². The maximum Gasteiger partial charge on any atom is 0.405 e. The number of halogens is 3. The molecular formula is C11H18Br3NO2. The van der Waals surface area contributed by atoms with Crippen LogP contribution < -0.4 is 5.73 Å². The summed E-state index contributed by atoms with van der Waals surface area (Å²) >= 11 is 10.4. The molecule has 0 radical (unpaired) electrons. The fraction of sp³-hybridized carbons (Fsp3) is 0.909. The lowest BCUT2D eigenvalue weighted by molar-refractivity contribution is -0.0322. The Kier molecular flexibility index (Phi) is 5.79. The predicted octanol–water partition coefficient (Wildman–Crippen LogP) is 4.65. The molecule has 100 valence electrons. The Labute approximate surface area is 128 Å². The summed E-state index contributed by atoms with van der Waals surface area (Å²) in [6, 6.07) is 0. The fourth-order valence-corrected chi connectivity index (χ4v) is 4.27. The maximum atomic E-state index is 11.1. The van der Waals surface area contributed by atoms with Gasteiger partial charge >= 0.3 is 6.09 Å². The number of alkyl halides is 3. The van der Waals surface area contributed by atoms with Crippen LogP contribution in [0.4, 0.5) is 4.79 Å². The highest BCUT2D eigenvalue weighted by molar-refractivity contribution is 9.39. The van der Waals surface area contributed by atoms with Gasteiger partial charge in [-0.05, 0) is 25.7 Å². The standard InChI is InChI=1S/C11H18Br3NO2/c1-10(17-9(15)16,7-11(12,13)14)8-5-3-2-4-6-8/h8H,2-7H2,1H3,(H2,15,16). The van der Waals surface area contributed by atoms with E-state index in [-0.39, 0.29) is 0 Å². The molecule has 0 saturated heterocycles. The third kappa shape index (κ3) is 5.47. The van der Waals surface area contributed by atoms with E-state index in [4.69, 9.17) is 10.5 Å². The first-order chi connectivity index (χ1) is 7.73. The van der Waals surface area contributed by atoms with Crippen LogP contribution >= 0.6 is 47.8 Å². The average molecular weight is 436 g/mol. The van der Waals surface area contributed by atoms with E-state index >= 15 is 0 Å². The van der Waals surface area contributed by atoms with Crippen LogP contribution in [0.3, 0.4) is 0 Å². The zero-order chi connectivity index (χ0) is 13.1. The van der Waals surface area contributed by atoms with Crippen LogP contribution in [0.15, 0.2) is 0 Å². The molecule has 6 heteroatoms. The summed E-state index contributed by atoms with van der Waals surface area (Å²) < 4.78 is 4.98. The molecule has 0 aromatic heterocycles. The quantitative estimate of drug-likeness (QED) is 0.656. The van der Waals surface area contributed by atoms with Crippen molar-refractivity contribution in [1.29, 1.82) is 0 Å². The molecule has 1 aliphatic rings. The number of hydrogen-bond donors (Lipinski definition) is 1. The maximum absolute atomic E-state index is 11.1. The number of rotatable bonds is 3. The Morgan fingerprint density at radius 1 is 1.29 bits per heavy atom. The number of hydrogen-bond acceptors (Lipinski definition) is 2. The van der Waals surface area contributed by atoms with Crippen LogP contribution in [-0.4, -0.2) is 13.8 Å². The van der Waals surface area contributed by atoms with E-state index in [2.05, 4.69) is 47.8 Å². The summed E-state index contributed by atoms with van der Waals surface area (Å²) in [5, 5.41) is 0. The minimum Gasteiger partial charge on any atom is -0.443 e. The second-order valence-corrected chi connectivity index (χ2v) is 12.1. The molecule has 1 fully saturated rings. The Hall–Kier alpha value is 0.710. The van der Waals surface area contributed by atoms with E-state index in [1.807, 2.05) is 6.92 Å². The van der Waals surface area contributed by atoms with E-state index in [0.717, 1.165) is 12.8 Å². The minimum atomic E-state index is -0.699. The van der Waals surface area contributed by atoms with Crippen molar-refractivity contribution in [3.63, 3.8) is 0 Å². The Morgan fingerprint density at radius 2 is 1.82 bits per heavy atom. The third-order valence-electron chi connectivity index (χ3n) is 3.35. The molecule has 3 nitrogen and oxygen atoms in total. The predicted molar refractivity (Wildman–Crippen MR) is 79.8 cm³/mol. The number of ether oxygens (including phenoxy) is 1. The van der Waals surface area contributed by atoms with Crippen molar-refractivity contribution >= 4 is 53.9 Å². The molecule has 0 aromatic carbocycles. The second-order valence-electron chi connectivity index (χ2n) is 4.86. The molecule has 1 rings (SSSR count). The smallest absolute Gasteiger partial charge is 0.405 e. The summed E-state index contributed by atoms with van der Waals surface area (Å²) in [5.41, 5.74) is 4.66. The monoisotopic (exact) mass is 433 g/mol. The summed E-state index contributed by atoms with van der Waals surface area (Å²) in [6.45, 7) is 1.96. The minimum absolute atomic E-state index is 0.371. The van der Waals surface area contributed by atoms with Gasteiger partial charge in [0.15, 0.2) is 0 Å². The van der Waals surface area contributed by atoms with Crippen LogP contribution in [0.5, 0.6) is 0 Å². The average Bonchev–Trinajstić information content (AvgIpc) is 2.14. The number of carbonyl (C=O) groups excluding carboxylic acids is 1. The van der Waals surface area contributed by atoms with Crippen LogP contribution in [0, 0.1) is 5.92 Å². The van der Waals surface area contributed by atoms with Crippen LogP contribution in [0.1, 0.15) is 45.4 Å². The van der Waals surface area contributed by atoms with E-state index in [9.17, 15) is 4.79 Å². The molecule has 1 amide bonds. The molecule has 17 heavy (non-hydrogen) atoms. The summed E-state index contributed by atoms with van der Waals surface area (Å²) in [6.07, 6.45) is 5.76. The number of carbonyl (C=O) groups is 1. The molecule has 1 aliphatic carbocycles. The van der Waals surface area contributed by atoms with E-state index in [0.29, 0.717) is 12.3 Å². The third-order valence-corrected chi connectivity index (χ3v) is 4.20. The van der Waals surface area contributed by atoms with Crippen LogP contribution in [-0.2, 0) is 4.74 Å². The summed E-state index contributed by atoms with van der Waals surface area (Å²) in [7, 11) is 0. The zero-order valence-electron chi connectivity index (χ0n) is 9.85. The molecule has 2 N–H and O–H groups in total. The topological polar surface area (TPSA) is 52.3 Å². The lowest BCUT2D eigenvalue weighted by Crippen LogP contribution is -2.44. The van der Waals surface area contributed by atoms with Crippen molar-refractivity contribution in [3.05, 3.63) is 0 Å². The lowest BCUT2D eigenvalue weighted by Gasteiger charge is -2.40. The molecular weight excluding hydrogens is 418 g/mol. The van der Waals surface area contributed by atoms with Gasteiger partial charge < -0.3 is 10.5 Å². The molecule has 0 spiro atoms. The van der Waals surface area contributed by atoms with Crippen LogP contribution in [0.2, 0.25) is 0 Å². The van der Waals surface area contributed by atoms with Gasteiger partial charge in [0.05, 0.1) is 0 Å². The molecule has 0 aromatic rings. The van der Waals surface area contributed by atoms with Crippen molar-refractivity contribution in [1.82, 2.24) is 0 Å². The van der Waals surface area contributed by atoms with E-state index < -0.39 is 13.8 Å². The lowest BCUT2D eigenvalue weighted by atomic mass is 9.76. The molecule has 1 unspecified atom stereocenters. The second kappa shape index (κ2) is 6.24. The van der Waals surface area contributed by atoms with Gasteiger partial charge in [-0.2, -0.15) is 0 Å². The number of primary amides is 1. The van der Waals surface area contributed by atoms with Crippen molar-refractivity contribution < 1.29 is 9.53 Å². The van der Waals surface area contributed by atoms with Gasteiger partial charge in [0.1, 0.15) is 7.74 Å². The SMILES string of the molecule is CC(CC(Br)(Br)Br)(OC(N)=O)C1CCCCC1. The first-order valence-corrected chi connectivity index (χ1v) is 8.16. The van der Waals surface area contributed by atoms with E-state index in [1.165, 1.54) is 19.3 Å². The van der Waals surface area contributed by atoms with Crippen LogP contribution in [0.25, 0.3) is 0 Å². The molecule has 0 bridgehead atoms. The number of nitrogens with two attached hydrogens (primary N) is 1. The van der Waals surface area contributed by atoms with Crippen molar-refractivity contribution in [2.45, 2.75) is 53.2 Å². The van der Waals surface area contributed by atoms with Crippen molar-refractivity contribution in [2.24, 2.45) is 11.7 Å². The Bertz CT molecular complexity index is 274. The van der Waals surface area contributed by atoms with Crippen molar-refractivity contribution in [2.75, 3.05) is 0 Å². The van der Waals surface area contributed by atoms with Gasteiger partial charge in [0.2, 0.25) is 0 Å². The zero-order valence-corrected chi connectivity index (χ0v) is 14.6.